The molecule has 0 spiro atoms. The van der Waals surface area contributed by atoms with Crippen LogP contribution in [0.25, 0.3) is 0 Å². The number of nitrogens with zero attached hydrogens (tertiary/aromatic N) is 2. The fourth-order valence-electron chi connectivity index (χ4n) is 3.29. The van der Waals surface area contributed by atoms with E-state index < -0.39 is 42.0 Å². The Hall–Kier alpha value is -4.01. The lowest BCUT2D eigenvalue weighted by Crippen LogP contribution is -2.44. The molecule has 1 aromatic heterocycles. The molecule has 8 nitrogen and oxygen atoms in total. The number of carbonyl (C=O) groups excluding carboxylic acids is 2. The number of carbonyl (C=O) groups is 2. The number of aromatic nitrogens is 2. The van der Waals surface area contributed by atoms with Crippen LogP contribution >= 0.6 is 0 Å². The molecule has 0 radical (unpaired) electrons. The molecule has 0 aliphatic rings. The van der Waals surface area contributed by atoms with Crippen molar-refractivity contribution in [1.29, 1.82) is 0 Å². The lowest BCUT2D eigenvalue weighted by Gasteiger charge is -2.13. The second kappa shape index (κ2) is 9.64. The van der Waals surface area contributed by atoms with Crippen LogP contribution in [0.5, 0.6) is 0 Å². The van der Waals surface area contributed by atoms with Crippen LogP contribution in [0.15, 0.2) is 52.2 Å². The van der Waals surface area contributed by atoms with E-state index in [9.17, 15) is 23.6 Å². The summed E-state index contributed by atoms with van der Waals surface area (Å²) in [5.41, 5.74) is 2.35. The first-order valence-corrected chi connectivity index (χ1v) is 10.3. The van der Waals surface area contributed by atoms with Gasteiger partial charge in [0.1, 0.15) is 13.1 Å². The Morgan fingerprint density at radius 3 is 1.82 bits per heavy atom. The molecule has 33 heavy (non-hydrogen) atoms. The van der Waals surface area contributed by atoms with Crippen molar-refractivity contribution in [3.63, 3.8) is 0 Å². The molecular formula is C24H25FN4O4. The van der Waals surface area contributed by atoms with Crippen molar-refractivity contribution in [2.24, 2.45) is 0 Å². The van der Waals surface area contributed by atoms with E-state index in [-0.39, 0.29) is 0 Å². The molecule has 1 heterocycles. The smallest absolute Gasteiger partial charge is 0.324 e. The summed E-state index contributed by atoms with van der Waals surface area (Å²) in [6.07, 6.45) is 0.673. The summed E-state index contributed by atoms with van der Waals surface area (Å²) in [5.74, 6) is -2.48. The van der Waals surface area contributed by atoms with Gasteiger partial charge in [-0.15, -0.1) is 0 Å². The summed E-state index contributed by atoms with van der Waals surface area (Å²) in [6, 6.07) is 11.0. The van der Waals surface area contributed by atoms with Gasteiger partial charge in [0.25, 0.3) is 5.56 Å². The Morgan fingerprint density at radius 2 is 1.30 bits per heavy atom. The molecule has 2 amide bonds. The topological polar surface area (TPSA) is 102 Å². The minimum absolute atomic E-state index is 0.473. The van der Waals surface area contributed by atoms with Crippen molar-refractivity contribution in [1.82, 2.24) is 9.13 Å². The summed E-state index contributed by atoms with van der Waals surface area (Å²) in [7, 11) is 0. The minimum Gasteiger partial charge on any atom is -0.324 e. The van der Waals surface area contributed by atoms with Crippen LogP contribution in [-0.2, 0) is 22.7 Å². The van der Waals surface area contributed by atoms with Crippen LogP contribution in [0, 0.1) is 33.5 Å². The zero-order chi connectivity index (χ0) is 24.3. The molecule has 0 atom stereocenters. The normalized spacial score (nSPS) is 10.7. The third kappa shape index (κ3) is 5.62. The first-order valence-electron chi connectivity index (χ1n) is 10.3. The van der Waals surface area contributed by atoms with Crippen molar-refractivity contribution < 1.29 is 14.0 Å². The number of halogens is 1. The number of aryl methyl sites for hydroxylation is 4. The van der Waals surface area contributed by atoms with Gasteiger partial charge in [-0.1, -0.05) is 24.3 Å². The van der Waals surface area contributed by atoms with Gasteiger partial charge in [-0.25, -0.2) is 9.36 Å². The van der Waals surface area contributed by atoms with E-state index >= 15 is 0 Å². The first kappa shape index (κ1) is 23.6. The van der Waals surface area contributed by atoms with Gasteiger partial charge in [-0.3, -0.25) is 19.0 Å². The van der Waals surface area contributed by atoms with Crippen molar-refractivity contribution in [3.8, 4) is 0 Å². The summed E-state index contributed by atoms with van der Waals surface area (Å²) in [6.45, 7) is 6.12. The molecule has 0 aliphatic heterocycles. The highest BCUT2D eigenvalue weighted by Gasteiger charge is 2.17. The highest BCUT2D eigenvalue weighted by Crippen LogP contribution is 2.17. The molecule has 9 heteroatoms. The Bertz CT molecular complexity index is 1360. The Kier molecular flexibility index (Phi) is 6.91. The fourth-order valence-corrected chi connectivity index (χ4v) is 3.29. The van der Waals surface area contributed by atoms with Gasteiger partial charge in [0.2, 0.25) is 17.6 Å². The Labute approximate surface area is 189 Å². The molecule has 0 aliphatic carbocycles. The largest absolute Gasteiger partial charge is 0.332 e. The first-order chi connectivity index (χ1) is 15.5. The molecule has 172 valence electrons. The van der Waals surface area contributed by atoms with Gasteiger partial charge in [0.15, 0.2) is 0 Å². The van der Waals surface area contributed by atoms with Crippen LogP contribution in [0.2, 0.25) is 0 Å². The maximum absolute atomic E-state index is 14.3. The summed E-state index contributed by atoms with van der Waals surface area (Å²) in [5, 5.41) is 5.31. The molecule has 2 aromatic carbocycles. The van der Waals surface area contributed by atoms with Crippen molar-refractivity contribution in [2.75, 3.05) is 10.6 Å². The monoisotopic (exact) mass is 452 g/mol. The molecule has 0 unspecified atom stereocenters. The van der Waals surface area contributed by atoms with Gasteiger partial charge in [-0.2, -0.15) is 4.39 Å². The lowest BCUT2D eigenvalue weighted by molar-refractivity contribution is -0.117. The Balaban J connectivity index is 1.82. The van der Waals surface area contributed by atoms with Crippen LogP contribution in [-0.4, -0.2) is 20.9 Å². The third-order valence-corrected chi connectivity index (χ3v) is 5.15. The second-order valence-electron chi connectivity index (χ2n) is 8.01. The zero-order valence-corrected chi connectivity index (χ0v) is 18.9. The van der Waals surface area contributed by atoms with Gasteiger partial charge in [-0.05, 0) is 62.1 Å². The van der Waals surface area contributed by atoms with Gasteiger partial charge < -0.3 is 10.6 Å². The number of nitrogens with one attached hydrogen (secondary N) is 2. The van der Waals surface area contributed by atoms with Gasteiger partial charge in [0.05, 0.1) is 6.20 Å². The number of hydrogen-bond donors (Lipinski definition) is 2. The number of hydrogen-bond acceptors (Lipinski definition) is 4. The van der Waals surface area contributed by atoms with Crippen LogP contribution in [0.1, 0.15) is 22.3 Å². The van der Waals surface area contributed by atoms with Crippen molar-refractivity contribution in [3.05, 3.63) is 91.5 Å². The van der Waals surface area contributed by atoms with E-state index in [0.29, 0.717) is 22.1 Å². The molecule has 3 rings (SSSR count). The van der Waals surface area contributed by atoms with E-state index in [1.54, 1.807) is 19.1 Å². The number of rotatable bonds is 6. The van der Waals surface area contributed by atoms with Crippen LogP contribution < -0.4 is 21.9 Å². The number of benzene rings is 2. The van der Waals surface area contributed by atoms with Gasteiger partial charge >= 0.3 is 5.69 Å². The summed E-state index contributed by atoms with van der Waals surface area (Å²) in [4.78, 5) is 49.9. The molecule has 0 bridgehead atoms. The number of anilines is 2. The SMILES string of the molecule is Cc1ccc(C)c(NC(=O)Cn2cc(F)c(=O)n(CC(=O)Nc3cc(C)ccc3C)c2=O)c1. The average molecular weight is 452 g/mol. The molecular weight excluding hydrogens is 427 g/mol. The van der Waals surface area contributed by atoms with E-state index in [1.807, 2.05) is 45.0 Å². The molecule has 0 saturated carbocycles. The number of amides is 2. The Morgan fingerprint density at radius 1 is 0.818 bits per heavy atom. The molecule has 0 saturated heterocycles. The van der Waals surface area contributed by atoms with E-state index in [0.717, 1.165) is 26.8 Å². The second-order valence-corrected chi connectivity index (χ2v) is 8.01. The van der Waals surface area contributed by atoms with E-state index in [1.165, 1.54) is 0 Å². The summed E-state index contributed by atoms with van der Waals surface area (Å²) < 4.78 is 15.5. The summed E-state index contributed by atoms with van der Waals surface area (Å²) >= 11 is 0. The predicted octanol–water partition coefficient (Wildman–Crippen LogP) is 2.66. The highest BCUT2D eigenvalue weighted by molar-refractivity contribution is 5.92. The van der Waals surface area contributed by atoms with Crippen molar-refractivity contribution in [2.45, 2.75) is 40.8 Å². The highest BCUT2D eigenvalue weighted by atomic mass is 19.1. The minimum atomic E-state index is -1.24. The molecule has 0 fully saturated rings. The quantitative estimate of drug-likeness (QED) is 0.600. The maximum Gasteiger partial charge on any atom is 0.332 e. The van der Waals surface area contributed by atoms with E-state index in [2.05, 4.69) is 10.6 Å². The van der Waals surface area contributed by atoms with Gasteiger partial charge in [0, 0.05) is 11.4 Å². The predicted molar refractivity (Wildman–Crippen MR) is 124 cm³/mol. The van der Waals surface area contributed by atoms with E-state index in [4.69, 9.17) is 0 Å². The average Bonchev–Trinajstić information content (AvgIpc) is 2.74. The standard InChI is InChI=1S/C24H25FN4O4/c1-14-5-7-16(3)19(9-14)26-21(30)12-28-11-18(25)23(32)29(24(28)33)13-22(31)27-20-10-15(2)6-8-17(20)4/h5-11H,12-13H2,1-4H3,(H,26,30)(H,27,31). The molecule has 3 aromatic rings. The van der Waals surface area contributed by atoms with Crippen LogP contribution in [0.4, 0.5) is 15.8 Å². The lowest BCUT2D eigenvalue weighted by atomic mass is 10.1. The molecule has 2 N–H and O–H groups in total. The fraction of sp³-hybridized carbons (Fsp3) is 0.250. The van der Waals surface area contributed by atoms with Crippen LogP contribution in [0.3, 0.4) is 0 Å². The zero-order valence-electron chi connectivity index (χ0n) is 18.9. The van der Waals surface area contributed by atoms with Crippen molar-refractivity contribution >= 4 is 23.2 Å². The third-order valence-electron chi connectivity index (χ3n) is 5.15. The maximum atomic E-state index is 14.3.